The van der Waals surface area contributed by atoms with Crippen LogP contribution in [0.5, 0.6) is 0 Å². The van der Waals surface area contributed by atoms with E-state index in [0.29, 0.717) is 29.3 Å². The molecule has 1 spiro atoms. The maximum atomic E-state index is 10.0. The van der Waals surface area contributed by atoms with E-state index in [-0.39, 0.29) is 5.41 Å². The molecule has 4 fully saturated rings. The minimum atomic E-state index is -0.0101. The van der Waals surface area contributed by atoms with E-state index in [0.717, 1.165) is 39.7 Å². The molecule has 0 N–H and O–H groups in total. The monoisotopic (exact) mass is 694 g/mol. The van der Waals surface area contributed by atoms with Crippen molar-refractivity contribution in [1.82, 2.24) is 15.0 Å². The molecule has 0 amide bonds. The van der Waals surface area contributed by atoms with Crippen LogP contribution in [-0.4, -0.2) is 15.0 Å². The average Bonchev–Trinajstić information content (AvgIpc) is 3.52. The van der Waals surface area contributed by atoms with Gasteiger partial charge in [0.2, 0.25) is 0 Å². The van der Waals surface area contributed by atoms with Crippen molar-refractivity contribution < 1.29 is 0 Å². The number of nitriles is 1. The predicted molar refractivity (Wildman–Crippen MR) is 215 cm³/mol. The van der Waals surface area contributed by atoms with E-state index in [1.54, 1.807) is 0 Å². The number of nitrogens with zero attached hydrogens (tertiary/aromatic N) is 4. The van der Waals surface area contributed by atoms with Crippen LogP contribution in [-0.2, 0) is 5.41 Å². The van der Waals surface area contributed by atoms with Gasteiger partial charge in [0.05, 0.1) is 11.6 Å². The zero-order chi connectivity index (χ0) is 35.8. The molecule has 12 rings (SSSR count). The van der Waals surface area contributed by atoms with Gasteiger partial charge in [-0.25, -0.2) is 15.0 Å². The van der Waals surface area contributed by atoms with Crippen molar-refractivity contribution in [2.75, 3.05) is 0 Å². The Labute approximate surface area is 316 Å². The highest BCUT2D eigenvalue weighted by Gasteiger charge is 2.61. The Balaban J connectivity index is 1.03. The first-order chi connectivity index (χ1) is 26.7. The fourth-order valence-corrected chi connectivity index (χ4v) is 11.2. The molecule has 0 aliphatic heterocycles. The molecule has 0 atom stereocenters. The second kappa shape index (κ2) is 12.2. The summed E-state index contributed by atoms with van der Waals surface area (Å²) in [6, 6.07) is 53.8. The zero-order valence-electron chi connectivity index (χ0n) is 30.0. The summed E-state index contributed by atoms with van der Waals surface area (Å²) in [5.74, 6) is 4.95. The number of benzene rings is 6. The quantitative estimate of drug-likeness (QED) is 0.180. The Kier molecular flexibility index (Phi) is 7.07. The van der Waals surface area contributed by atoms with Crippen LogP contribution in [0.25, 0.3) is 67.5 Å². The van der Waals surface area contributed by atoms with Gasteiger partial charge in [-0.15, -0.1) is 0 Å². The molecule has 258 valence electrons. The highest BCUT2D eigenvalue weighted by Crippen LogP contribution is 2.69. The van der Waals surface area contributed by atoms with Crippen LogP contribution in [0.15, 0.2) is 146 Å². The molecule has 7 aromatic rings. The summed E-state index contributed by atoms with van der Waals surface area (Å²) < 4.78 is 0. The Morgan fingerprint density at radius 2 is 0.926 bits per heavy atom. The molecule has 54 heavy (non-hydrogen) atoms. The van der Waals surface area contributed by atoms with Gasteiger partial charge in [0.1, 0.15) is 0 Å². The molecule has 4 saturated carbocycles. The number of rotatable bonds is 5. The topological polar surface area (TPSA) is 62.5 Å². The van der Waals surface area contributed by atoms with E-state index < -0.39 is 0 Å². The van der Waals surface area contributed by atoms with E-state index in [9.17, 15) is 5.26 Å². The maximum absolute atomic E-state index is 10.0. The van der Waals surface area contributed by atoms with Crippen molar-refractivity contribution in [2.45, 2.75) is 37.5 Å². The minimum Gasteiger partial charge on any atom is -0.208 e. The van der Waals surface area contributed by atoms with E-state index in [2.05, 4.69) is 127 Å². The number of hydrogen-bond acceptors (Lipinski definition) is 4. The molecule has 0 unspecified atom stereocenters. The fourth-order valence-electron chi connectivity index (χ4n) is 11.2. The molecule has 4 bridgehead atoms. The van der Waals surface area contributed by atoms with Gasteiger partial charge in [-0.05, 0) is 118 Å². The Morgan fingerprint density at radius 1 is 0.426 bits per heavy atom. The van der Waals surface area contributed by atoms with Crippen molar-refractivity contribution in [2.24, 2.45) is 23.7 Å². The first-order valence-corrected chi connectivity index (χ1v) is 19.4. The first kappa shape index (κ1) is 31.4. The van der Waals surface area contributed by atoms with Crippen molar-refractivity contribution in [3.05, 3.63) is 162 Å². The molecular weight excluding hydrogens is 657 g/mol. The molecule has 1 heterocycles. The van der Waals surface area contributed by atoms with Crippen molar-refractivity contribution in [3.8, 4) is 73.6 Å². The third-order valence-corrected chi connectivity index (χ3v) is 13.2. The molecule has 4 nitrogen and oxygen atoms in total. The van der Waals surface area contributed by atoms with Gasteiger partial charge in [-0.1, -0.05) is 127 Å². The van der Waals surface area contributed by atoms with Crippen LogP contribution in [0.1, 0.15) is 48.8 Å². The maximum Gasteiger partial charge on any atom is 0.164 e. The molecule has 4 heteroatoms. The highest BCUT2D eigenvalue weighted by atomic mass is 15.0. The summed E-state index contributed by atoms with van der Waals surface area (Å²) in [7, 11) is 0. The van der Waals surface area contributed by atoms with E-state index in [1.807, 2.05) is 24.3 Å². The summed E-state index contributed by atoms with van der Waals surface area (Å²) in [5.41, 5.74) is 13.8. The third-order valence-electron chi connectivity index (χ3n) is 13.2. The predicted octanol–water partition coefficient (Wildman–Crippen LogP) is 11.8. The summed E-state index contributed by atoms with van der Waals surface area (Å²) in [6.45, 7) is 0. The average molecular weight is 695 g/mol. The SMILES string of the molecule is N#Cc1ccc2c(c1)C1(c3ccc(-c4nc(-c5ccccc5)nc(-c5ccc(-c6ccccc6-c6ccccc6)cc5)n4)cc3-2)C2CC3CC(C2)CC1C3. The highest BCUT2D eigenvalue weighted by molar-refractivity contribution is 5.86. The summed E-state index contributed by atoms with van der Waals surface area (Å²) in [6.07, 6.45) is 6.63. The minimum absolute atomic E-state index is 0.0101. The van der Waals surface area contributed by atoms with E-state index >= 15 is 0 Å². The Bertz CT molecular complexity index is 2590. The van der Waals surface area contributed by atoms with Crippen LogP contribution in [0, 0.1) is 35.0 Å². The van der Waals surface area contributed by atoms with Crippen LogP contribution in [0.4, 0.5) is 0 Å². The molecule has 5 aliphatic rings. The van der Waals surface area contributed by atoms with Gasteiger partial charge in [0, 0.05) is 22.1 Å². The Hall–Kier alpha value is -6.18. The van der Waals surface area contributed by atoms with Gasteiger partial charge in [-0.2, -0.15) is 5.26 Å². The number of fused-ring (bicyclic) bond motifs is 3. The lowest BCUT2D eigenvalue weighted by molar-refractivity contribution is -0.0399. The standard InChI is InChI=1S/C50H38N4/c51-30-31-15-21-43-44-29-38(20-22-45(44)50(46(43)28-31)39-24-32-23-33(26-39)27-40(50)25-32)49-53-47(36-11-5-2-6-12-36)52-48(54-49)37-18-16-35(17-19-37)42-14-8-7-13-41(42)34-9-3-1-4-10-34/h1-22,28-29,32-33,39-40H,23-27H2. The van der Waals surface area contributed by atoms with E-state index in [4.69, 9.17) is 15.0 Å². The molecule has 5 aliphatic carbocycles. The first-order valence-electron chi connectivity index (χ1n) is 19.4. The van der Waals surface area contributed by atoms with Gasteiger partial charge in [-0.3, -0.25) is 0 Å². The van der Waals surface area contributed by atoms with Crippen LogP contribution >= 0.6 is 0 Å². The van der Waals surface area contributed by atoms with Gasteiger partial charge < -0.3 is 0 Å². The summed E-state index contributed by atoms with van der Waals surface area (Å²) in [4.78, 5) is 15.4. The van der Waals surface area contributed by atoms with Gasteiger partial charge in [0.25, 0.3) is 0 Å². The van der Waals surface area contributed by atoms with Crippen LogP contribution in [0.3, 0.4) is 0 Å². The van der Waals surface area contributed by atoms with Crippen molar-refractivity contribution in [1.29, 1.82) is 5.26 Å². The lowest BCUT2D eigenvalue weighted by Gasteiger charge is -2.61. The second-order valence-corrected chi connectivity index (χ2v) is 16.0. The van der Waals surface area contributed by atoms with Crippen molar-refractivity contribution >= 4 is 0 Å². The van der Waals surface area contributed by atoms with E-state index in [1.165, 1.54) is 71.0 Å². The molecule has 0 saturated heterocycles. The normalized spacial score (nSPS) is 22.9. The fraction of sp³-hybridized carbons (Fsp3) is 0.200. The number of aromatic nitrogens is 3. The summed E-state index contributed by atoms with van der Waals surface area (Å²) >= 11 is 0. The molecule has 6 aromatic carbocycles. The third kappa shape index (κ3) is 4.78. The summed E-state index contributed by atoms with van der Waals surface area (Å²) in [5, 5.41) is 10.0. The smallest absolute Gasteiger partial charge is 0.164 e. The van der Waals surface area contributed by atoms with Gasteiger partial charge in [0.15, 0.2) is 17.5 Å². The van der Waals surface area contributed by atoms with Gasteiger partial charge >= 0.3 is 0 Å². The number of hydrogen-bond donors (Lipinski definition) is 0. The van der Waals surface area contributed by atoms with Crippen molar-refractivity contribution in [3.63, 3.8) is 0 Å². The van der Waals surface area contributed by atoms with Crippen LogP contribution < -0.4 is 0 Å². The largest absolute Gasteiger partial charge is 0.208 e. The zero-order valence-corrected chi connectivity index (χ0v) is 30.0. The second-order valence-electron chi connectivity index (χ2n) is 16.0. The lowest BCUT2D eigenvalue weighted by atomic mass is 9.43. The Morgan fingerprint density at radius 3 is 1.54 bits per heavy atom. The lowest BCUT2D eigenvalue weighted by Crippen LogP contribution is -2.55. The molecule has 0 radical (unpaired) electrons. The molecule has 1 aromatic heterocycles. The van der Waals surface area contributed by atoms with Crippen LogP contribution in [0.2, 0.25) is 0 Å². The molecular formula is C50H38N4.